The van der Waals surface area contributed by atoms with Crippen LogP contribution in [-0.2, 0) is 11.4 Å². The van der Waals surface area contributed by atoms with E-state index in [1.54, 1.807) is 19.1 Å². The molecular formula is C11H14N2O4S. The van der Waals surface area contributed by atoms with Gasteiger partial charge in [0.25, 0.3) is 5.69 Å². The van der Waals surface area contributed by atoms with Crippen LogP contribution in [0.3, 0.4) is 0 Å². The van der Waals surface area contributed by atoms with Gasteiger partial charge in [0.05, 0.1) is 22.2 Å². The van der Waals surface area contributed by atoms with Crippen molar-refractivity contribution in [3.8, 4) is 0 Å². The molecule has 0 heterocycles. The van der Waals surface area contributed by atoms with E-state index in [9.17, 15) is 14.9 Å². The van der Waals surface area contributed by atoms with E-state index in [0.717, 1.165) is 11.8 Å². The SMILES string of the molecule is CCNC(=O)CSc1ccc(CO)cc1[N+](=O)[O-]. The molecule has 98 valence electrons. The van der Waals surface area contributed by atoms with Gasteiger partial charge < -0.3 is 10.4 Å². The molecule has 1 amide bonds. The van der Waals surface area contributed by atoms with Gasteiger partial charge in [0.15, 0.2) is 0 Å². The lowest BCUT2D eigenvalue weighted by atomic mass is 10.2. The van der Waals surface area contributed by atoms with Gasteiger partial charge in [-0.2, -0.15) is 0 Å². The summed E-state index contributed by atoms with van der Waals surface area (Å²) in [5.74, 6) is -0.0318. The van der Waals surface area contributed by atoms with Gasteiger partial charge in [0, 0.05) is 12.6 Å². The summed E-state index contributed by atoms with van der Waals surface area (Å²) in [6.07, 6.45) is 0. The third kappa shape index (κ3) is 4.01. The van der Waals surface area contributed by atoms with E-state index in [0.29, 0.717) is 17.0 Å². The van der Waals surface area contributed by atoms with Gasteiger partial charge in [-0.3, -0.25) is 14.9 Å². The first-order valence-electron chi connectivity index (χ1n) is 5.36. The molecule has 18 heavy (non-hydrogen) atoms. The third-order valence-corrected chi connectivity index (χ3v) is 3.20. The lowest BCUT2D eigenvalue weighted by Crippen LogP contribution is -2.24. The van der Waals surface area contributed by atoms with E-state index < -0.39 is 4.92 Å². The minimum absolute atomic E-state index is 0.0872. The molecule has 0 aliphatic heterocycles. The molecule has 0 saturated carbocycles. The minimum atomic E-state index is -0.515. The topological polar surface area (TPSA) is 92.5 Å². The molecule has 0 saturated heterocycles. The monoisotopic (exact) mass is 270 g/mol. The molecule has 0 atom stereocenters. The molecule has 0 unspecified atom stereocenters. The van der Waals surface area contributed by atoms with Gasteiger partial charge in [-0.15, -0.1) is 11.8 Å². The van der Waals surface area contributed by atoms with Crippen molar-refractivity contribution in [2.45, 2.75) is 18.4 Å². The van der Waals surface area contributed by atoms with E-state index in [4.69, 9.17) is 5.11 Å². The number of benzene rings is 1. The maximum atomic E-state index is 11.3. The van der Waals surface area contributed by atoms with Gasteiger partial charge in [0.1, 0.15) is 0 Å². The number of hydrogen-bond acceptors (Lipinski definition) is 5. The number of rotatable bonds is 6. The molecule has 2 N–H and O–H groups in total. The summed E-state index contributed by atoms with van der Waals surface area (Å²) in [4.78, 5) is 22.1. The summed E-state index contributed by atoms with van der Waals surface area (Å²) in [5.41, 5.74) is 0.389. The Bertz CT molecular complexity index is 451. The van der Waals surface area contributed by atoms with Crippen LogP contribution in [0.4, 0.5) is 5.69 Å². The smallest absolute Gasteiger partial charge is 0.283 e. The quantitative estimate of drug-likeness (QED) is 0.462. The predicted octanol–water partition coefficient (Wildman–Crippen LogP) is 1.32. The molecule has 1 rings (SSSR count). The highest BCUT2D eigenvalue weighted by Crippen LogP contribution is 2.29. The second-order valence-corrected chi connectivity index (χ2v) is 4.48. The predicted molar refractivity (Wildman–Crippen MR) is 68.4 cm³/mol. The Morgan fingerprint density at radius 3 is 2.83 bits per heavy atom. The first-order valence-corrected chi connectivity index (χ1v) is 6.34. The molecule has 0 spiro atoms. The number of hydrogen-bond donors (Lipinski definition) is 2. The zero-order chi connectivity index (χ0) is 13.5. The second kappa shape index (κ2) is 6.97. The highest BCUT2D eigenvalue weighted by atomic mass is 32.2. The molecule has 1 aromatic carbocycles. The first-order chi connectivity index (χ1) is 8.58. The van der Waals surface area contributed by atoms with E-state index in [1.807, 2.05) is 0 Å². The number of nitro groups is 1. The number of carbonyl (C=O) groups excluding carboxylic acids is 1. The Morgan fingerprint density at radius 2 is 2.28 bits per heavy atom. The van der Waals surface area contributed by atoms with Crippen LogP contribution in [0.5, 0.6) is 0 Å². The fraction of sp³-hybridized carbons (Fsp3) is 0.364. The molecule has 1 aromatic rings. The van der Waals surface area contributed by atoms with Gasteiger partial charge >= 0.3 is 0 Å². The van der Waals surface area contributed by atoms with Crippen LogP contribution in [0.15, 0.2) is 23.1 Å². The largest absolute Gasteiger partial charge is 0.392 e. The molecular weight excluding hydrogens is 256 g/mol. The molecule has 0 aliphatic rings. The van der Waals surface area contributed by atoms with Crippen molar-refractivity contribution in [1.29, 1.82) is 0 Å². The number of nitrogens with one attached hydrogen (secondary N) is 1. The van der Waals surface area contributed by atoms with Gasteiger partial charge in [-0.05, 0) is 18.6 Å². The Morgan fingerprint density at radius 1 is 1.56 bits per heavy atom. The molecule has 0 radical (unpaired) electrons. The number of aliphatic hydroxyl groups is 1. The Kier molecular flexibility index (Phi) is 5.60. The van der Waals surface area contributed by atoms with Gasteiger partial charge in [-0.25, -0.2) is 0 Å². The van der Waals surface area contributed by atoms with Crippen LogP contribution >= 0.6 is 11.8 Å². The Hall–Kier alpha value is -1.60. The van der Waals surface area contributed by atoms with Gasteiger partial charge in [-0.1, -0.05) is 6.07 Å². The molecule has 0 aliphatic carbocycles. The first kappa shape index (κ1) is 14.5. The Labute approximate surface area is 109 Å². The lowest BCUT2D eigenvalue weighted by molar-refractivity contribution is -0.387. The second-order valence-electron chi connectivity index (χ2n) is 3.46. The zero-order valence-electron chi connectivity index (χ0n) is 9.88. The average Bonchev–Trinajstić information content (AvgIpc) is 2.36. The van der Waals surface area contributed by atoms with Crippen molar-refractivity contribution < 1.29 is 14.8 Å². The molecule has 0 aromatic heterocycles. The van der Waals surface area contributed by atoms with Crippen molar-refractivity contribution in [2.24, 2.45) is 0 Å². The highest BCUT2D eigenvalue weighted by Gasteiger charge is 2.15. The van der Waals surface area contributed by atoms with Crippen LogP contribution in [-0.4, -0.2) is 28.2 Å². The van der Waals surface area contributed by atoms with Crippen molar-refractivity contribution in [3.63, 3.8) is 0 Å². The minimum Gasteiger partial charge on any atom is -0.392 e. The van der Waals surface area contributed by atoms with Crippen molar-refractivity contribution in [1.82, 2.24) is 5.32 Å². The number of aliphatic hydroxyl groups excluding tert-OH is 1. The van der Waals surface area contributed by atoms with Crippen LogP contribution in [0.2, 0.25) is 0 Å². The van der Waals surface area contributed by atoms with E-state index in [-0.39, 0.29) is 24.0 Å². The number of nitrogens with zero attached hydrogens (tertiary/aromatic N) is 1. The number of thioether (sulfide) groups is 1. The van der Waals surface area contributed by atoms with E-state index >= 15 is 0 Å². The standard InChI is InChI=1S/C11H14N2O4S/c1-2-12-11(15)7-18-10-4-3-8(6-14)5-9(10)13(16)17/h3-5,14H,2,6-7H2,1H3,(H,12,15). The van der Waals surface area contributed by atoms with Crippen LogP contribution in [0, 0.1) is 10.1 Å². The average molecular weight is 270 g/mol. The number of carbonyl (C=O) groups is 1. The summed E-state index contributed by atoms with van der Waals surface area (Å²) < 4.78 is 0. The molecule has 7 heteroatoms. The normalized spacial score (nSPS) is 10.1. The fourth-order valence-electron chi connectivity index (χ4n) is 1.32. The maximum Gasteiger partial charge on any atom is 0.283 e. The number of amides is 1. The Balaban J connectivity index is 2.81. The lowest BCUT2D eigenvalue weighted by Gasteiger charge is -2.04. The van der Waals surface area contributed by atoms with E-state index in [2.05, 4.69) is 5.32 Å². The van der Waals surface area contributed by atoms with Crippen LogP contribution in [0.25, 0.3) is 0 Å². The van der Waals surface area contributed by atoms with Crippen molar-refractivity contribution >= 4 is 23.4 Å². The summed E-state index contributed by atoms with van der Waals surface area (Å²) >= 11 is 1.11. The van der Waals surface area contributed by atoms with Crippen molar-refractivity contribution in [2.75, 3.05) is 12.3 Å². The summed E-state index contributed by atoms with van der Waals surface area (Å²) in [6, 6.07) is 4.47. The molecule has 0 bridgehead atoms. The van der Waals surface area contributed by atoms with Crippen LogP contribution in [0.1, 0.15) is 12.5 Å². The molecule has 0 fully saturated rings. The van der Waals surface area contributed by atoms with E-state index in [1.165, 1.54) is 6.07 Å². The summed E-state index contributed by atoms with van der Waals surface area (Å²) in [7, 11) is 0. The van der Waals surface area contributed by atoms with Gasteiger partial charge in [0.2, 0.25) is 5.91 Å². The maximum absolute atomic E-state index is 11.3. The summed E-state index contributed by atoms with van der Waals surface area (Å²) in [6.45, 7) is 2.09. The third-order valence-electron chi connectivity index (χ3n) is 2.14. The highest BCUT2D eigenvalue weighted by molar-refractivity contribution is 8.00. The number of nitro benzene ring substituents is 1. The fourth-order valence-corrected chi connectivity index (χ4v) is 2.15. The molecule has 6 nitrogen and oxygen atoms in total. The summed E-state index contributed by atoms with van der Waals surface area (Å²) in [5, 5.41) is 22.4. The van der Waals surface area contributed by atoms with Crippen molar-refractivity contribution in [3.05, 3.63) is 33.9 Å². The zero-order valence-corrected chi connectivity index (χ0v) is 10.7. The van der Waals surface area contributed by atoms with Crippen LogP contribution < -0.4 is 5.32 Å².